The Labute approximate surface area is 118 Å². The minimum atomic E-state index is -1.06. The van der Waals surface area contributed by atoms with Crippen LogP contribution in [-0.2, 0) is 5.75 Å². The highest BCUT2D eigenvalue weighted by molar-refractivity contribution is 7.98. The van der Waals surface area contributed by atoms with E-state index >= 15 is 0 Å². The van der Waals surface area contributed by atoms with Crippen molar-refractivity contribution in [3.05, 3.63) is 64.0 Å². The Morgan fingerprint density at radius 2 is 1.95 bits per heavy atom. The van der Waals surface area contributed by atoms with Crippen LogP contribution in [0, 0.1) is 10.1 Å². The fourth-order valence-corrected chi connectivity index (χ4v) is 2.30. The SMILES string of the molecule is O=C(O)c1cccc(CSc2ccc([N+](=O)[O-])cc2)n1. The lowest BCUT2D eigenvalue weighted by molar-refractivity contribution is -0.384. The average Bonchev–Trinajstić information content (AvgIpc) is 2.46. The third kappa shape index (κ3) is 3.55. The van der Waals surface area contributed by atoms with E-state index < -0.39 is 10.9 Å². The van der Waals surface area contributed by atoms with E-state index in [1.807, 2.05) is 0 Å². The number of aromatic carboxylic acids is 1. The molecule has 0 unspecified atom stereocenters. The Hall–Kier alpha value is -2.41. The van der Waals surface area contributed by atoms with E-state index in [2.05, 4.69) is 4.98 Å². The molecule has 0 aliphatic heterocycles. The van der Waals surface area contributed by atoms with E-state index in [9.17, 15) is 14.9 Å². The molecule has 2 aromatic rings. The molecule has 0 fully saturated rings. The molecule has 0 amide bonds. The molecular weight excluding hydrogens is 280 g/mol. The largest absolute Gasteiger partial charge is 0.477 e. The summed E-state index contributed by atoms with van der Waals surface area (Å²) >= 11 is 1.44. The summed E-state index contributed by atoms with van der Waals surface area (Å²) in [7, 11) is 0. The third-order valence-electron chi connectivity index (χ3n) is 2.46. The zero-order valence-corrected chi connectivity index (χ0v) is 11.0. The lowest BCUT2D eigenvalue weighted by Gasteiger charge is -2.02. The van der Waals surface area contributed by atoms with Crippen molar-refractivity contribution in [1.82, 2.24) is 4.98 Å². The maximum atomic E-state index is 10.8. The lowest BCUT2D eigenvalue weighted by atomic mass is 10.3. The van der Waals surface area contributed by atoms with E-state index in [-0.39, 0.29) is 11.4 Å². The molecule has 0 aliphatic carbocycles. The number of carbonyl (C=O) groups is 1. The van der Waals surface area contributed by atoms with Gasteiger partial charge < -0.3 is 5.11 Å². The summed E-state index contributed by atoms with van der Waals surface area (Å²) in [5.41, 5.74) is 0.695. The molecule has 6 nitrogen and oxygen atoms in total. The highest BCUT2D eigenvalue weighted by Gasteiger charge is 2.07. The number of aromatic nitrogens is 1. The fourth-order valence-electron chi connectivity index (χ4n) is 1.50. The fraction of sp³-hybridized carbons (Fsp3) is 0.0769. The molecule has 0 bridgehead atoms. The van der Waals surface area contributed by atoms with Crippen molar-refractivity contribution in [2.45, 2.75) is 10.6 Å². The number of non-ortho nitro benzene ring substituents is 1. The van der Waals surface area contributed by atoms with Gasteiger partial charge in [-0.15, -0.1) is 11.8 Å². The van der Waals surface area contributed by atoms with E-state index in [4.69, 9.17) is 5.11 Å². The van der Waals surface area contributed by atoms with Crippen LogP contribution in [-0.4, -0.2) is 21.0 Å². The number of benzene rings is 1. The molecule has 1 aromatic carbocycles. The predicted octanol–water partition coefficient (Wildman–Crippen LogP) is 2.98. The minimum Gasteiger partial charge on any atom is -0.477 e. The van der Waals surface area contributed by atoms with Crippen LogP contribution in [0.5, 0.6) is 0 Å². The van der Waals surface area contributed by atoms with Crippen LogP contribution in [0.25, 0.3) is 0 Å². The number of carboxylic acids is 1. The second-order valence-corrected chi connectivity index (χ2v) is 4.91. The molecular formula is C13H10N2O4S. The molecule has 1 aromatic heterocycles. The highest BCUT2D eigenvalue weighted by Crippen LogP contribution is 2.24. The van der Waals surface area contributed by atoms with E-state index in [1.165, 1.54) is 30.0 Å². The highest BCUT2D eigenvalue weighted by atomic mass is 32.2. The molecule has 0 spiro atoms. The topological polar surface area (TPSA) is 93.3 Å². The molecule has 20 heavy (non-hydrogen) atoms. The van der Waals surface area contributed by atoms with Crippen LogP contribution in [0.1, 0.15) is 16.2 Å². The number of carboxylic acid groups (broad SMARTS) is 1. The van der Waals surface area contributed by atoms with Crippen LogP contribution >= 0.6 is 11.8 Å². The lowest BCUT2D eigenvalue weighted by Crippen LogP contribution is -2.01. The summed E-state index contributed by atoms with van der Waals surface area (Å²) < 4.78 is 0. The van der Waals surface area contributed by atoms with Gasteiger partial charge in [-0.2, -0.15) is 0 Å². The Morgan fingerprint density at radius 1 is 1.25 bits per heavy atom. The molecule has 0 radical (unpaired) electrons. The molecule has 2 rings (SSSR count). The second kappa shape index (κ2) is 6.16. The molecule has 7 heteroatoms. The van der Waals surface area contributed by atoms with Gasteiger partial charge in [-0.1, -0.05) is 6.07 Å². The smallest absolute Gasteiger partial charge is 0.354 e. The van der Waals surface area contributed by atoms with Crippen LogP contribution in [0.3, 0.4) is 0 Å². The zero-order chi connectivity index (χ0) is 14.5. The molecule has 0 atom stereocenters. The van der Waals surface area contributed by atoms with Gasteiger partial charge in [0.15, 0.2) is 0 Å². The molecule has 0 aliphatic rings. The first-order chi connectivity index (χ1) is 9.56. The number of rotatable bonds is 5. The van der Waals surface area contributed by atoms with Gasteiger partial charge >= 0.3 is 5.97 Å². The van der Waals surface area contributed by atoms with Crippen molar-refractivity contribution in [3.63, 3.8) is 0 Å². The van der Waals surface area contributed by atoms with Crippen molar-refractivity contribution in [2.24, 2.45) is 0 Å². The predicted molar refractivity (Wildman–Crippen MR) is 73.9 cm³/mol. The molecule has 0 saturated carbocycles. The van der Waals surface area contributed by atoms with Crippen molar-refractivity contribution in [2.75, 3.05) is 0 Å². The van der Waals surface area contributed by atoms with E-state index in [0.29, 0.717) is 11.4 Å². The Bertz CT molecular complexity index is 643. The molecule has 0 saturated heterocycles. The summed E-state index contributed by atoms with van der Waals surface area (Å²) in [5.74, 6) is -0.564. The summed E-state index contributed by atoms with van der Waals surface area (Å²) in [6.07, 6.45) is 0. The van der Waals surface area contributed by atoms with Crippen LogP contribution < -0.4 is 0 Å². The van der Waals surface area contributed by atoms with Crippen molar-refractivity contribution >= 4 is 23.4 Å². The maximum Gasteiger partial charge on any atom is 0.354 e. The van der Waals surface area contributed by atoms with Crippen molar-refractivity contribution in [3.8, 4) is 0 Å². The summed E-state index contributed by atoms with van der Waals surface area (Å²) in [5, 5.41) is 19.4. The maximum absolute atomic E-state index is 10.8. The van der Waals surface area contributed by atoms with E-state index in [1.54, 1.807) is 24.3 Å². The number of thioether (sulfide) groups is 1. The van der Waals surface area contributed by atoms with Gasteiger partial charge in [-0.3, -0.25) is 10.1 Å². The summed E-state index contributed by atoms with van der Waals surface area (Å²) in [6.45, 7) is 0. The van der Waals surface area contributed by atoms with Crippen LogP contribution in [0.2, 0.25) is 0 Å². The number of hydrogen-bond donors (Lipinski definition) is 1. The normalized spacial score (nSPS) is 10.2. The van der Waals surface area contributed by atoms with Crippen LogP contribution in [0.4, 0.5) is 5.69 Å². The first-order valence-corrected chi connectivity index (χ1v) is 6.61. The van der Waals surface area contributed by atoms with Gasteiger partial charge in [-0.25, -0.2) is 9.78 Å². The first-order valence-electron chi connectivity index (χ1n) is 5.63. The molecule has 102 valence electrons. The summed E-state index contributed by atoms with van der Waals surface area (Å²) in [6, 6.07) is 11.0. The Morgan fingerprint density at radius 3 is 2.55 bits per heavy atom. The number of hydrogen-bond acceptors (Lipinski definition) is 5. The van der Waals surface area contributed by atoms with Gasteiger partial charge in [-0.05, 0) is 24.3 Å². The second-order valence-electron chi connectivity index (χ2n) is 3.86. The van der Waals surface area contributed by atoms with Gasteiger partial charge in [0.25, 0.3) is 5.69 Å². The standard InChI is InChI=1S/C13H10N2O4S/c16-13(17)12-3-1-2-9(14-12)8-20-11-6-4-10(5-7-11)15(18)19/h1-7H,8H2,(H,16,17). The summed E-state index contributed by atoms with van der Waals surface area (Å²) in [4.78, 5) is 25.7. The van der Waals surface area contributed by atoms with Gasteiger partial charge in [0.05, 0.1) is 10.6 Å². The quantitative estimate of drug-likeness (QED) is 0.517. The van der Waals surface area contributed by atoms with Gasteiger partial charge in [0.1, 0.15) is 5.69 Å². The number of nitro benzene ring substituents is 1. The first kappa shape index (κ1) is 14.0. The minimum absolute atomic E-state index is 0.00630. The monoisotopic (exact) mass is 290 g/mol. The molecule has 1 heterocycles. The van der Waals surface area contributed by atoms with Gasteiger partial charge in [0.2, 0.25) is 0 Å². The molecule has 1 N–H and O–H groups in total. The average molecular weight is 290 g/mol. The zero-order valence-electron chi connectivity index (χ0n) is 10.2. The van der Waals surface area contributed by atoms with Crippen LogP contribution in [0.15, 0.2) is 47.4 Å². The van der Waals surface area contributed by atoms with Crippen molar-refractivity contribution < 1.29 is 14.8 Å². The Balaban J connectivity index is 2.03. The number of nitro groups is 1. The number of nitrogens with zero attached hydrogens (tertiary/aromatic N) is 2. The number of pyridine rings is 1. The Kier molecular flexibility index (Phi) is 4.31. The van der Waals surface area contributed by atoms with E-state index in [0.717, 1.165) is 4.90 Å². The van der Waals surface area contributed by atoms with Gasteiger partial charge in [0, 0.05) is 22.8 Å². The third-order valence-corrected chi connectivity index (χ3v) is 3.51. The van der Waals surface area contributed by atoms with Crippen molar-refractivity contribution in [1.29, 1.82) is 0 Å².